The van der Waals surface area contributed by atoms with Gasteiger partial charge in [0, 0.05) is 34.7 Å². The van der Waals surface area contributed by atoms with Crippen molar-refractivity contribution in [3.8, 4) is 11.8 Å². The van der Waals surface area contributed by atoms with Gasteiger partial charge in [0.05, 0.1) is 40.0 Å². The van der Waals surface area contributed by atoms with Crippen LogP contribution in [-0.2, 0) is 6.54 Å². The van der Waals surface area contributed by atoms with E-state index >= 15 is 0 Å². The van der Waals surface area contributed by atoms with Crippen LogP contribution in [0.15, 0.2) is 72.0 Å². The van der Waals surface area contributed by atoms with Crippen LogP contribution in [0.5, 0.6) is 0 Å². The van der Waals surface area contributed by atoms with E-state index in [0.717, 1.165) is 16.5 Å². The molecule has 6 aromatic rings. The number of aromatic amines is 1. The zero-order valence-electron chi connectivity index (χ0n) is 17.0. The molecule has 0 spiro atoms. The molecule has 0 aliphatic rings. The van der Waals surface area contributed by atoms with Crippen LogP contribution in [0.2, 0.25) is 5.02 Å². The second-order valence-corrected chi connectivity index (χ2v) is 8.07. The standard InChI is InChI=1S/C24H14ClN7O/c25-19-8-22-16(7-15(19)9-26)18-13-31(12-14-3-2-6-27-10-14)30-23(18)24(33)32(22)21-5-1-4-20-17(21)11-28-29-20/h1-8,10-11,13H,12H2,(H,28,29). The molecule has 0 bridgehead atoms. The van der Waals surface area contributed by atoms with Crippen molar-refractivity contribution in [2.45, 2.75) is 6.54 Å². The van der Waals surface area contributed by atoms with Crippen LogP contribution in [-0.4, -0.2) is 29.5 Å². The lowest BCUT2D eigenvalue weighted by Gasteiger charge is -2.13. The SMILES string of the molecule is N#Cc1cc2c3cn(Cc4cccnc4)nc3c(=O)n(-c3cccc4[nH]ncc34)c2cc1Cl. The second kappa shape index (κ2) is 7.29. The van der Waals surface area contributed by atoms with Crippen LogP contribution in [0.1, 0.15) is 11.1 Å². The highest BCUT2D eigenvalue weighted by atomic mass is 35.5. The highest BCUT2D eigenvalue weighted by molar-refractivity contribution is 6.32. The van der Waals surface area contributed by atoms with Crippen molar-refractivity contribution in [2.24, 2.45) is 0 Å². The maximum atomic E-state index is 13.8. The Morgan fingerprint density at radius 1 is 1.09 bits per heavy atom. The zero-order chi connectivity index (χ0) is 22.5. The minimum absolute atomic E-state index is 0.277. The van der Waals surface area contributed by atoms with E-state index in [0.29, 0.717) is 39.6 Å². The van der Waals surface area contributed by atoms with E-state index in [9.17, 15) is 10.1 Å². The molecular formula is C24H14ClN7O. The topological polar surface area (TPSA) is 105 Å². The van der Waals surface area contributed by atoms with Crippen molar-refractivity contribution in [1.29, 1.82) is 5.26 Å². The molecule has 2 aromatic carbocycles. The average Bonchev–Trinajstić information content (AvgIpc) is 3.47. The summed E-state index contributed by atoms with van der Waals surface area (Å²) in [6.07, 6.45) is 6.97. The lowest BCUT2D eigenvalue weighted by molar-refractivity contribution is 0.692. The van der Waals surface area contributed by atoms with Gasteiger partial charge in [-0.1, -0.05) is 23.7 Å². The normalized spacial score (nSPS) is 11.4. The maximum absolute atomic E-state index is 13.8. The third kappa shape index (κ3) is 2.98. The van der Waals surface area contributed by atoms with Gasteiger partial charge in [-0.3, -0.25) is 24.1 Å². The van der Waals surface area contributed by atoms with Gasteiger partial charge >= 0.3 is 0 Å². The van der Waals surface area contributed by atoms with E-state index in [2.05, 4.69) is 26.3 Å². The summed E-state index contributed by atoms with van der Waals surface area (Å²) in [5, 5.41) is 23.7. The Morgan fingerprint density at radius 2 is 2.00 bits per heavy atom. The van der Waals surface area contributed by atoms with Crippen molar-refractivity contribution in [3.05, 3.63) is 93.8 Å². The van der Waals surface area contributed by atoms with Crippen LogP contribution in [0.3, 0.4) is 0 Å². The lowest BCUT2D eigenvalue weighted by Crippen LogP contribution is -2.20. The number of halogens is 1. The van der Waals surface area contributed by atoms with E-state index in [1.807, 2.05) is 36.5 Å². The zero-order valence-corrected chi connectivity index (χ0v) is 17.8. The molecule has 9 heteroatoms. The minimum Gasteiger partial charge on any atom is -0.278 e. The highest BCUT2D eigenvalue weighted by Gasteiger charge is 2.19. The molecule has 158 valence electrons. The van der Waals surface area contributed by atoms with Crippen LogP contribution in [0, 0.1) is 11.3 Å². The quantitative estimate of drug-likeness (QED) is 0.434. The van der Waals surface area contributed by atoms with Crippen LogP contribution in [0.25, 0.3) is 38.4 Å². The van der Waals surface area contributed by atoms with Gasteiger partial charge < -0.3 is 0 Å². The molecule has 0 amide bonds. The molecule has 4 aromatic heterocycles. The smallest absolute Gasteiger partial charge is 0.278 e. The Labute approximate surface area is 191 Å². The number of hydrogen-bond acceptors (Lipinski definition) is 5. The van der Waals surface area contributed by atoms with E-state index in [1.54, 1.807) is 40.0 Å². The Balaban J connectivity index is 1.72. The van der Waals surface area contributed by atoms with E-state index in [1.165, 1.54) is 0 Å². The van der Waals surface area contributed by atoms with Crippen molar-refractivity contribution in [2.75, 3.05) is 0 Å². The number of aromatic nitrogens is 6. The minimum atomic E-state index is -0.281. The van der Waals surface area contributed by atoms with Crippen molar-refractivity contribution in [1.82, 2.24) is 29.5 Å². The fraction of sp³-hybridized carbons (Fsp3) is 0.0417. The van der Waals surface area contributed by atoms with Crippen molar-refractivity contribution >= 4 is 44.3 Å². The average molecular weight is 452 g/mol. The largest absolute Gasteiger partial charge is 0.284 e. The van der Waals surface area contributed by atoms with Gasteiger partial charge in [-0.15, -0.1) is 0 Å². The summed E-state index contributed by atoms with van der Waals surface area (Å²) < 4.78 is 3.30. The Bertz CT molecular complexity index is 1790. The first-order valence-electron chi connectivity index (χ1n) is 10.1. The number of fused-ring (bicyclic) bond motifs is 4. The molecule has 0 aliphatic heterocycles. The predicted molar refractivity (Wildman–Crippen MR) is 126 cm³/mol. The molecule has 0 atom stereocenters. The number of nitrogens with zero attached hydrogens (tertiary/aromatic N) is 6. The van der Waals surface area contributed by atoms with E-state index < -0.39 is 0 Å². The second-order valence-electron chi connectivity index (χ2n) is 7.66. The number of H-pyrrole nitrogens is 1. The molecule has 1 N–H and O–H groups in total. The molecule has 8 nitrogen and oxygen atoms in total. The number of pyridine rings is 2. The van der Waals surface area contributed by atoms with Crippen LogP contribution in [0.4, 0.5) is 0 Å². The fourth-order valence-electron chi connectivity index (χ4n) is 4.19. The predicted octanol–water partition coefficient (Wildman–Crippen LogP) is 4.19. The summed E-state index contributed by atoms with van der Waals surface area (Å²) in [6.45, 7) is 0.458. The molecule has 0 saturated heterocycles. The summed E-state index contributed by atoms with van der Waals surface area (Å²) in [4.78, 5) is 17.9. The first-order chi connectivity index (χ1) is 16.1. The van der Waals surface area contributed by atoms with Gasteiger partial charge in [0.25, 0.3) is 5.56 Å². The molecule has 6 rings (SSSR count). The summed E-state index contributed by atoms with van der Waals surface area (Å²) >= 11 is 6.39. The maximum Gasteiger partial charge on any atom is 0.284 e. The number of rotatable bonds is 3. The van der Waals surface area contributed by atoms with Gasteiger partial charge in [0.15, 0.2) is 5.52 Å². The molecule has 33 heavy (non-hydrogen) atoms. The summed E-state index contributed by atoms with van der Waals surface area (Å²) in [6, 6.07) is 14.9. The Kier molecular flexibility index (Phi) is 4.25. The summed E-state index contributed by atoms with van der Waals surface area (Å²) in [5.74, 6) is 0. The summed E-state index contributed by atoms with van der Waals surface area (Å²) in [5.41, 5.74) is 3.35. The van der Waals surface area contributed by atoms with Crippen molar-refractivity contribution < 1.29 is 0 Å². The third-order valence-corrected chi connectivity index (χ3v) is 5.99. The first-order valence-corrected chi connectivity index (χ1v) is 10.5. The molecule has 0 fully saturated rings. The van der Waals surface area contributed by atoms with Gasteiger partial charge in [-0.25, -0.2) is 0 Å². The number of hydrogen-bond donors (Lipinski definition) is 1. The van der Waals surface area contributed by atoms with Gasteiger partial charge in [-0.2, -0.15) is 15.5 Å². The summed E-state index contributed by atoms with van der Waals surface area (Å²) in [7, 11) is 0. The third-order valence-electron chi connectivity index (χ3n) is 5.67. The Morgan fingerprint density at radius 3 is 2.82 bits per heavy atom. The monoisotopic (exact) mass is 451 g/mol. The highest BCUT2D eigenvalue weighted by Crippen LogP contribution is 2.31. The number of nitrogens with one attached hydrogen (secondary N) is 1. The molecule has 0 unspecified atom stereocenters. The number of benzene rings is 2. The lowest BCUT2D eigenvalue weighted by atomic mass is 10.1. The first kappa shape index (κ1) is 19.2. The molecule has 0 aliphatic carbocycles. The van der Waals surface area contributed by atoms with Crippen LogP contribution < -0.4 is 5.56 Å². The van der Waals surface area contributed by atoms with E-state index in [-0.39, 0.29) is 10.6 Å². The van der Waals surface area contributed by atoms with Gasteiger partial charge in [-0.05, 0) is 35.9 Å². The van der Waals surface area contributed by atoms with Gasteiger partial charge in [0.1, 0.15) is 6.07 Å². The number of nitriles is 1. The van der Waals surface area contributed by atoms with Gasteiger partial charge in [0.2, 0.25) is 0 Å². The molecule has 0 saturated carbocycles. The fourth-order valence-corrected chi connectivity index (χ4v) is 4.39. The molecule has 4 heterocycles. The Hall–Kier alpha value is -4.48. The molecule has 0 radical (unpaired) electrons. The van der Waals surface area contributed by atoms with Crippen molar-refractivity contribution in [3.63, 3.8) is 0 Å². The van der Waals surface area contributed by atoms with E-state index in [4.69, 9.17) is 11.6 Å². The molecular weight excluding hydrogens is 438 g/mol. The van der Waals surface area contributed by atoms with Crippen LogP contribution >= 0.6 is 11.6 Å².